The molecule has 2 rings (SSSR count). The summed E-state index contributed by atoms with van der Waals surface area (Å²) < 4.78 is 6.20. The Labute approximate surface area is 111 Å². The lowest BCUT2D eigenvalue weighted by molar-refractivity contribution is 0.130. The van der Waals surface area contributed by atoms with Gasteiger partial charge in [0.1, 0.15) is 11.9 Å². The molecule has 100 valence electrons. The Hall–Kier alpha value is -1.02. The third kappa shape index (κ3) is 3.05. The summed E-state index contributed by atoms with van der Waals surface area (Å²) >= 11 is 0. The molecular weight excluding hydrogens is 222 g/mol. The van der Waals surface area contributed by atoms with Crippen molar-refractivity contribution in [2.75, 3.05) is 0 Å². The molecule has 2 heteroatoms. The minimum absolute atomic E-state index is 0.107. The van der Waals surface area contributed by atoms with E-state index in [1.807, 2.05) is 6.07 Å². The second-order valence-electron chi connectivity index (χ2n) is 6.35. The fourth-order valence-corrected chi connectivity index (χ4v) is 2.62. The van der Waals surface area contributed by atoms with Gasteiger partial charge in [0.15, 0.2) is 0 Å². The quantitative estimate of drug-likeness (QED) is 0.866. The van der Waals surface area contributed by atoms with Crippen LogP contribution in [-0.4, -0.2) is 12.1 Å². The van der Waals surface area contributed by atoms with Gasteiger partial charge in [0, 0.05) is 6.04 Å². The van der Waals surface area contributed by atoms with Gasteiger partial charge in [-0.05, 0) is 36.3 Å². The highest BCUT2D eigenvalue weighted by Crippen LogP contribution is 2.33. The molecule has 2 N–H and O–H groups in total. The van der Waals surface area contributed by atoms with Gasteiger partial charge >= 0.3 is 0 Å². The molecule has 0 bridgehead atoms. The molecule has 2 atom stereocenters. The fraction of sp³-hybridized carbons (Fsp3) is 0.625. The monoisotopic (exact) mass is 247 g/mol. The van der Waals surface area contributed by atoms with Crippen LogP contribution in [0, 0.1) is 0 Å². The topological polar surface area (TPSA) is 35.2 Å². The van der Waals surface area contributed by atoms with Crippen LogP contribution in [0.5, 0.6) is 5.75 Å². The zero-order valence-corrected chi connectivity index (χ0v) is 11.8. The highest BCUT2D eigenvalue weighted by Gasteiger charge is 2.26. The summed E-state index contributed by atoms with van der Waals surface area (Å²) in [6.45, 7) is 6.65. The van der Waals surface area contributed by atoms with E-state index in [0.29, 0.717) is 0 Å². The van der Waals surface area contributed by atoms with Crippen LogP contribution in [0.3, 0.4) is 0 Å². The van der Waals surface area contributed by atoms with Crippen LogP contribution in [0.4, 0.5) is 0 Å². The number of para-hydroxylation sites is 1. The summed E-state index contributed by atoms with van der Waals surface area (Å²) in [6.07, 6.45) is 4.82. The molecule has 1 aliphatic carbocycles. The molecule has 18 heavy (non-hydrogen) atoms. The van der Waals surface area contributed by atoms with Crippen molar-refractivity contribution in [1.29, 1.82) is 0 Å². The summed E-state index contributed by atoms with van der Waals surface area (Å²) in [6, 6.07) is 8.53. The van der Waals surface area contributed by atoms with E-state index in [-0.39, 0.29) is 17.6 Å². The van der Waals surface area contributed by atoms with Crippen molar-refractivity contribution in [2.24, 2.45) is 5.73 Å². The molecule has 2 nitrogen and oxygen atoms in total. The van der Waals surface area contributed by atoms with E-state index in [9.17, 15) is 0 Å². The summed E-state index contributed by atoms with van der Waals surface area (Å²) in [5.74, 6) is 1.01. The molecule has 0 radical (unpaired) electrons. The van der Waals surface area contributed by atoms with Gasteiger partial charge < -0.3 is 10.5 Å². The number of hydrogen-bond donors (Lipinski definition) is 1. The lowest BCUT2D eigenvalue weighted by Crippen LogP contribution is -2.41. The first-order valence-corrected chi connectivity index (χ1v) is 7.00. The van der Waals surface area contributed by atoms with Crippen LogP contribution < -0.4 is 10.5 Å². The van der Waals surface area contributed by atoms with Crippen molar-refractivity contribution < 1.29 is 4.74 Å². The molecular formula is C16H25NO. The van der Waals surface area contributed by atoms with E-state index in [1.165, 1.54) is 18.4 Å². The highest BCUT2D eigenvalue weighted by molar-refractivity contribution is 5.38. The zero-order chi connectivity index (χ0) is 13.2. The normalized spacial score (nSPS) is 24.9. The van der Waals surface area contributed by atoms with E-state index in [4.69, 9.17) is 10.5 Å². The maximum absolute atomic E-state index is 6.20. The molecule has 0 heterocycles. The highest BCUT2D eigenvalue weighted by atomic mass is 16.5. The van der Waals surface area contributed by atoms with E-state index in [1.54, 1.807) is 0 Å². The molecule has 0 amide bonds. The molecule has 0 unspecified atom stereocenters. The standard InChI is InChI=1S/C16H25NO/c1-16(2,3)12-8-4-6-10-14(12)18-15-11-7-5-9-13(15)17/h4,6,8,10,13,15H,5,7,9,11,17H2,1-3H3/t13-,15-/m0/s1. The Morgan fingerprint density at radius 1 is 1.11 bits per heavy atom. The molecule has 1 aliphatic rings. The number of benzene rings is 1. The number of nitrogens with two attached hydrogens (primary N) is 1. The molecule has 1 aromatic carbocycles. The van der Waals surface area contributed by atoms with Gasteiger partial charge in [0.05, 0.1) is 0 Å². The van der Waals surface area contributed by atoms with Crippen LogP contribution in [0.15, 0.2) is 24.3 Å². The van der Waals surface area contributed by atoms with E-state index < -0.39 is 0 Å². The molecule has 0 saturated heterocycles. The molecule has 0 spiro atoms. The van der Waals surface area contributed by atoms with Gasteiger partial charge in [-0.25, -0.2) is 0 Å². The van der Waals surface area contributed by atoms with Crippen molar-refractivity contribution in [3.63, 3.8) is 0 Å². The average molecular weight is 247 g/mol. The minimum Gasteiger partial charge on any atom is -0.489 e. The van der Waals surface area contributed by atoms with Gasteiger partial charge in [-0.2, -0.15) is 0 Å². The largest absolute Gasteiger partial charge is 0.489 e. The van der Waals surface area contributed by atoms with Crippen molar-refractivity contribution in [3.05, 3.63) is 29.8 Å². The van der Waals surface area contributed by atoms with Crippen molar-refractivity contribution >= 4 is 0 Å². The van der Waals surface area contributed by atoms with Crippen LogP contribution >= 0.6 is 0 Å². The summed E-state index contributed by atoms with van der Waals surface area (Å²) in [5.41, 5.74) is 7.53. The van der Waals surface area contributed by atoms with Crippen LogP contribution in [0.25, 0.3) is 0 Å². The Bertz CT molecular complexity index is 394. The van der Waals surface area contributed by atoms with E-state index in [0.717, 1.165) is 18.6 Å². The van der Waals surface area contributed by atoms with Gasteiger partial charge in [-0.1, -0.05) is 45.4 Å². The van der Waals surface area contributed by atoms with Crippen LogP contribution in [0.1, 0.15) is 52.0 Å². The smallest absolute Gasteiger partial charge is 0.123 e. The second kappa shape index (κ2) is 5.31. The van der Waals surface area contributed by atoms with E-state index >= 15 is 0 Å². The Kier molecular flexibility index (Phi) is 3.96. The second-order valence-corrected chi connectivity index (χ2v) is 6.35. The minimum atomic E-state index is 0.107. The van der Waals surface area contributed by atoms with E-state index in [2.05, 4.69) is 39.0 Å². The zero-order valence-electron chi connectivity index (χ0n) is 11.8. The predicted octanol–water partition coefficient (Wildman–Crippen LogP) is 3.63. The number of hydrogen-bond acceptors (Lipinski definition) is 2. The van der Waals surface area contributed by atoms with Crippen LogP contribution in [-0.2, 0) is 5.41 Å². The van der Waals surface area contributed by atoms with Gasteiger partial charge in [-0.3, -0.25) is 0 Å². The first-order valence-electron chi connectivity index (χ1n) is 7.00. The average Bonchev–Trinajstić information content (AvgIpc) is 2.31. The van der Waals surface area contributed by atoms with Gasteiger partial charge in [0.25, 0.3) is 0 Å². The van der Waals surface area contributed by atoms with Crippen LogP contribution in [0.2, 0.25) is 0 Å². The lowest BCUT2D eigenvalue weighted by atomic mass is 9.86. The number of rotatable bonds is 2. The van der Waals surface area contributed by atoms with Crippen molar-refractivity contribution in [2.45, 2.75) is 64.0 Å². The van der Waals surface area contributed by atoms with Crippen molar-refractivity contribution in [3.8, 4) is 5.75 Å². The molecule has 0 aromatic heterocycles. The fourth-order valence-electron chi connectivity index (χ4n) is 2.62. The molecule has 1 saturated carbocycles. The third-order valence-corrected chi connectivity index (χ3v) is 3.73. The summed E-state index contributed by atoms with van der Waals surface area (Å²) in [5, 5.41) is 0. The molecule has 1 aromatic rings. The van der Waals surface area contributed by atoms with Gasteiger partial charge in [-0.15, -0.1) is 0 Å². The molecule has 1 fully saturated rings. The summed E-state index contributed by atoms with van der Waals surface area (Å²) in [4.78, 5) is 0. The maximum atomic E-state index is 6.20. The third-order valence-electron chi connectivity index (χ3n) is 3.73. The number of ether oxygens (including phenoxy) is 1. The lowest BCUT2D eigenvalue weighted by Gasteiger charge is -2.31. The summed E-state index contributed by atoms with van der Waals surface area (Å²) in [7, 11) is 0. The Morgan fingerprint density at radius 2 is 1.78 bits per heavy atom. The SMILES string of the molecule is CC(C)(C)c1ccccc1O[C@H]1CCCC[C@@H]1N. The Morgan fingerprint density at radius 3 is 2.44 bits per heavy atom. The van der Waals surface area contributed by atoms with Gasteiger partial charge in [0.2, 0.25) is 0 Å². The first-order chi connectivity index (χ1) is 8.48. The molecule has 0 aliphatic heterocycles. The first kappa shape index (κ1) is 13.4. The Balaban J connectivity index is 2.18. The van der Waals surface area contributed by atoms with Crippen molar-refractivity contribution in [1.82, 2.24) is 0 Å². The maximum Gasteiger partial charge on any atom is 0.123 e. The predicted molar refractivity (Wildman–Crippen MR) is 76.0 cm³/mol.